The van der Waals surface area contributed by atoms with Gasteiger partial charge >= 0.3 is 0 Å². The maximum atomic E-state index is 11.1. The average molecular weight is 293 g/mol. The summed E-state index contributed by atoms with van der Waals surface area (Å²) in [5.41, 5.74) is 0.919. The molecule has 0 amide bonds. The number of hydrogen-bond donors (Lipinski definition) is 1. The van der Waals surface area contributed by atoms with Crippen LogP contribution in [0.2, 0.25) is 0 Å². The lowest BCUT2D eigenvalue weighted by Gasteiger charge is -2.37. The third kappa shape index (κ3) is 4.07. The lowest BCUT2D eigenvalue weighted by molar-refractivity contribution is -0.384. The van der Waals surface area contributed by atoms with Crippen LogP contribution in [-0.4, -0.2) is 36.2 Å². The summed E-state index contributed by atoms with van der Waals surface area (Å²) in [7, 11) is 0. The van der Waals surface area contributed by atoms with Crippen LogP contribution in [0.25, 0.3) is 0 Å². The predicted octanol–water partition coefficient (Wildman–Crippen LogP) is 2.57. The average Bonchev–Trinajstić information content (AvgIpc) is 2.36. The molecular formula is C15H23N3O3. The number of nitrogens with one attached hydrogen (secondary N) is 1. The highest BCUT2D eigenvalue weighted by molar-refractivity contribution is 5.58. The van der Waals surface area contributed by atoms with Crippen LogP contribution in [-0.2, 0) is 0 Å². The van der Waals surface area contributed by atoms with Gasteiger partial charge in [-0.25, -0.2) is 0 Å². The maximum Gasteiger partial charge on any atom is 0.275 e. The number of non-ortho nitro benzene ring substituents is 1. The van der Waals surface area contributed by atoms with Gasteiger partial charge in [-0.2, -0.15) is 0 Å². The molecule has 6 nitrogen and oxygen atoms in total. The molecule has 1 saturated heterocycles. The molecule has 1 aromatic rings. The van der Waals surface area contributed by atoms with Crippen molar-refractivity contribution in [1.82, 2.24) is 5.32 Å². The number of benzene rings is 1. The number of piperazine rings is 1. The Kier molecular flexibility index (Phi) is 4.67. The molecule has 0 saturated carbocycles. The first-order chi connectivity index (χ1) is 9.85. The molecule has 0 aliphatic carbocycles. The second-order valence-electron chi connectivity index (χ2n) is 5.98. The molecule has 0 radical (unpaired) electrons. The predicted molar refractivity (Wildman–Crippen MR) is 83.1 cm³/mol. The van der Waals surface area contributed by atoms with Crippen molar-refractivity contribution in [2.75, 3.05) is 18.0 Å². The Bertz CT molecular complexity index is 509. The molecule has 1 heterocycles. The molecule has 21 heavy (non-hydrogen) atoms. The highest BCUT2D eigenvalue weighted by Gasteiger charge is 2.23. The molecule has 116 valence electrons. The van der Waals surface area contributed by atoms with Crippen molar-refractivity contribution < 1.29 is 9.66 Å². The number of nitro benzene ring substituents is 1. The van der Waals surface area contributed by atoms with Crippen molar-refractivity contribution in [2.24, 2.45) is 0 Å². The lowest BCUT2D eigenvalue weighted by Crippen LogP contribution is -2.54. The molecule has 2 atom stereocenters. The van der Waals surface area contributed by atoms with Gasteiger partial charge in [-0.3, -0.25) is 10.1 Å². The number of nitro groups is 1. The Hall–Kier alpha value is -1.82. The summed E-state index contributed by atoms with van der Waals surface area (Å²) >= 11 is 0. The quantitative estimate of drug-likeness (QED) is 0.682. The van der Waals surface area contributed by atoms with Gasteiger partial charge in [0, 0.05) is 43.0 Å². The molecular weight excluding hydrogens is 270 g/mol. The molecule has 0 aromatic heterocycles. The zero-order valence-corrected chi connectivity index (χ0v) is 13.0. The zero-order chi connectivity index (χ0) is 15.6. The monoisotopic (exact) mass is 293 g/mol. The first kappa shape index (κ1) is 15.6. The number of rotatable bonds is 4. The highest BCUT2D eigenvalue weighted by atomic mass is 16.6. The Labute approximate surface area is 125 Å². The second-order valence-corrected chi connectivity index (χ2v) is 5.98. The van der Waals surface area contributed by atoms with Gasteiger partial charge in [-0.05, 0) is 27.7 Å². The largest absolute Gasteiger partial charge is 0.491 e. The molecule has 2 rings (SSSR count). The van der Waals surface area contributed by atoms with Crippen LogP contribution < -0.4 is 15.0 Å². The fraction of sp³-hybridized carbons (Fsp3) is 0.600. The minimum atomic E-state index is -0.369. The highest BCUT2D eigenvalue weighted by Crippen LogP contribution is 2.30. The van der Waals surface area contributed by atoms with Crippen molar-refractivity contribution in [2.45, 2.75) is 45.9 Å². The SMILES string of the molecule is CC1CN(c2cc(OC(C)C)cc([N+](=O)[O-])c2)CC(C)N1. The van der Waals surface area contributed by atoms with E-state index in [-0.39, 0.29) is 16.7 Å². The van der Waals surface area contributed by atoms with Crippen LogP contribution in [0.4, 0.5) is 11.4 Å². The van der Waals surface area contributed by atoms with E-state index in [2.05, 4.69) is 24.1 Å². The fourth-order valence-electron chi connectivity index (χ4n) is 2.73. The third-order valence-electron chi connectivity index (χ3n) is 3.38. The van der Waals surface area contributed by atoms with E-state index in [1.807, 2.05) is 19.9 Å². The molecule has 6 heteroatoms. The summed E-state index contributed by atoms with van der Waals surface area (Å²) in [4.78, 5) is 12.9. The van der Waals surface area contributed by atoms with E-state index in [0.717, 1.165) is 18.8 Å². The summed E-state index contributed by atoms with van der Waals surface area (Å²) < 4.78 is 5.64. The van der Waals surface area contributed by atoms with E-state index in [1.165, 1.54) is 6.07 Å². The van der Waals surface area contributed by atoms with Crippen molar-refractivity contribution in [1.29, 1.82) is 0 Å². The van der Waals surface area contributed by atoms with Gasteiger partial charge in [0.05, 0.1) is 17.1 Å². The van der Waals surface area contributed by atoms with Gasteiger partial charge in [0.25, 0.3) is 5.69 Å². The summed E-state index contributed by atoms with van der Waals surface area (Å²) in [5, 5.41) is 14.6. The minimum absolute atomic E-state index is 0.0132. The number of anilines is 1. The van der Waals surface area contributed by atoms with Crippen LogP contribution in [0.15, 0.2) is 18.2 Å². The van der Waals surface area contributed by atoms with Gasteiger partial charge in [0.15, 0.2) is 0 Å². The Morgan fingerprint density at radius 1 is 1.29 bits per heavy atom. The number of hydrogen-bond acceptors (Lipinski definition) is 5. The van der Waals surface area contributed by atoms with E-state index in [0.29, 0.717) is 17.8 Å². The summed E-state index contributed by atoms with van der Waals surface area (Å²) in [6.07, 6.45) is -0.0132. The van der Waals surface area contributed by atoms with E-state index in [4.69, 9.17) is 4.74 Å². The van der Waals surface area contributed by atoms with Crippen LogP contribution in [0.5, 0.6) is 5.75 Å². The third-order valence-corrected chi connectivity index (χ3v) is 3.38. The smallest absolute Gasteiger partial charge is 0.275 e. The van der Waals surface area contributed by atoms with Gasteiger partial charge in [0.1, 0.15) is 5.75 Å². The Balaban J connectivity index is 2.32. The summed E-state index contributed by atoms with van der Waals surface area (Å²) in [5.74, 6) is 0.549. The molecule has 1 aromatic carbocycles. The standard InChI is InChI=1S/C15H23N3O3/c1-10(2)21-15-6-13(5-14(7-15)18(19)20)17-8-11(3)16-12(4)9-17/h5-7,10-12,16H,8-9H2,1-4H3. The van der Waals surface area contributed by atoms with E-state index in [9.17, 15) is 10.1 Å². The lowest BCUT2D eigenvalue weighted by atomic mass is 10.1. The second kappa shape index (κ2) is 6.30. The topological polar surface area (TPSA) is 67.6 Å². The van der Waals surface area contributed by atoms with Crippen molar-refractivity contribution in [3.05, 3.63) is 28.3 Å². The molecule has 0 bridgehead atoms. The van der Waals surface area contributed by atoms with Gasteiger partial charge in [0.2, 0.25) is 0 Å². The Morgan fingerprint density at radius 2 is 1.90 bits per heavy atom. The fourth-order valence-corrected chi connectivity index (χ4v) is 2.73. The van der Waals surface area contributed by atoms with Crippen molar-refractivity contribution in [3.63, 3.8) is 0 Å². The van der Waals surface area contributed by atoms with Crippen LogP contribution in [0.3, 0.4) is 0 Å². The van der Waals surface area contributed by atoms with Gasteiger partial charge < -0.3 is 15.0 Å². The van der Waals surface area contributed by atoms with E-state index >= 15 is 0 Å². The molecule has 1 aliphatic rings. The molecule has 2 unspecified atom stereocenters. The number of ether oxygens (including phenoxy) is 1. The minimum Gasteiger partial charge on any atom is -0.491 e. The first-order valence-corrected chi connectivity index (χ1v) is 7.32. The van der Waals surface area contributed by atoms with Gasteiger partial charge in [-0.15, -0.1) is 0 Å². The Morgan fingerprint density at radius 3 is 2.43 bits per heavy atom. The molecule has 1 aliphatic heterocycles. The van der Waals surface area contributed by atoms with E-state index < -0.39 is 0 Å². The first-order valence-electron chi connectivity index (χ1n) is 7.32. The molecule has 1 fully saturated rings. The van der Waals surface area contributed by atoms with Crippen LogP contribution in [0.1, 0.15) is 27.7 Å². The van der Waals surface area contributed by atoms with Crippen molar-refractivity contribution in [3.8, 4) is 5.75 Å². The summed E-state index contributed by atoms with van der Waals surface area (Å²) in [6.45, 7) is 9.71. The maximum absolute atomic E-state index is 11.1. The van der Waals surface area contributed by atoms with Gasteiger partial charge in [-0.1, -0.05) is 0 Å². The van der Waals surface area contributed by atoms with E-state index in [1.54, 1.807) is 6.07 Å². The van der Waals surface area contributed by atoms with Crippen molar-refractivity contribution >= 4 is 11.4 Å². The van der Waals surface area contributed by atoms with Crippen LogP contribution in [0, 0.1) is 10.1 Å². The normalized spacial score (nSPS) is 22.4. The number of nitrogens with zero attached hydrogens (tertiary/aromatic N) is 2. The zero-order valence-electron chi connectivity index (χ0n) is 13.0. The molecule has 0 spiro atoms. The van der Waals surface area contributed by atoms with Crippen LogP contribution >= 0.6 is 0 Å². The molecule has 1 N–H and O–H groups in total. The summed E-state index contributed by atoms with van der Waals surface area (Å²) in [6, 6.07) is 5.69.